The molecule has 1 aliphatic carbocycles. The molecule has 0 amide bonds. The van der Waals surface area contributed by atoms with E-state index < -0.39 is 11.1 Å². The number of nitriles is 1. The maximum atomic E-state index is 10.4. The zero-order valence-electron chi connectivity index (χ0n) is 5.79. The van der Waals surface area contributed by atoms with Crippen LogP contribution in [0.15, 0.2) is 0 Å². The van der Waals surface area contributed by atoms with Gasteiger partial charge in [-0.25, -0.2) is 4.21 Å². The summed E-state index contributed by atoms with van der Waals surface area (Å²) in [6.45, 7) is 0.326. The van der Waals surface area contributed by atoms with Crippen molar-refractivity contribution < 1.29 is 8.39 Å². The van der Waals surface area contributed by atoms with Gasteiger partial charge in [0.1, 0.15) is 0 Å². The number of rotatable bonds is 3. The molecule has 56 valence electrons. The highest BCUT2D eigenvalue weighted by molar-refractivity contribution is 7.79. The van der Waals surface area contributed by atoms with E-state index in [2.05, 4.69) is 6.07 Å². The van der Waals surface area contributed by atoms with Crippen LogP contribution in [0.3, 0.4) is 0 Å². The number of hydrogen-bond acceptors (Lipinski definition) is 3. The Morgan fingerprint density at radius 3 is 2.70 bits per heavy atom. The fourth-order valence-electron chi connectivity index (χ4n) is 0.635. The smallest absolute Gasteiger partial charge is 0.152 e. The van der Waals surface area contributed by atoms with Gasteiger partial charge in [-0.15, -0.1) is 0 Å². The van der Waals surface area contributed by atoms with Gasteiger partial charge in [-0.2, -0.15) is 5.26 Å². The van der Waals surface area contributed by atoms with Crippen LogP contribution < -0.4 is 0 Å². The fourth-order valence-corrected chi connectivity index (χ4v) is 1.03. The van der Waals surface area contributed by atoms with Gasteiger partial charge in [0.2, 0.25) is 0 Å². The standard InChI is InChI=1S/C6H9NO2S/c1-10(8)9-5-6(4-7)2-3-6/h2-3,5H2,1H3. The lowest BCUT2D eigenvalue weighted by atomic mass is 10.2. The summed E-state index contributed by atoms with van der Waals surface area (Å²) in [4.78, 5) is 0. The average Bonchev–Trinajstić information content (AvgIpc) is 2.64. The lowest BCUT2D eigenvalue weighted by Crippen LogP contribution is -2.08. The van der Waals surface area contributed by atoms with Gasteiger partial charge in [-0.05, 0) is 12.8 Å². The van der Waals surface area contributed by atoms with Crippen molar-refractivity contribution in [2.24, 2.45) is 5.41 Å². The minimum Gasteiger partial charge on any atom is -0.289 e. The van der Waals surface area contributed by atoms with Crippen LogP contribution >= 0.6 is 0 Å². The Balaban J connectivity index is 2.27. The molecular formula is C6H9NO2S. The Morgan fingerprint density at radius 2 is 2.40 bits per heavy atom. The average molecular weight is 159 g/mol. The van der Waals surface area contributed by atoms with Crippen molar-refractivity contribution in [3.8, 4) is 6.07 Å². The fraction of sp³-hybridized carbons (Fsp3) is 0.833. The highest BCUT2D eigenvalue weighted by Gasteiger charge is 2.43. The van der Waals surface area contributed by atoms with E-state index in [4.69, 9.17) is 9.44 Å². The summed E-state index contributed by atoms with van der Waals surface area (Å²) in [5.74, 6) is 0. The third-order valence-corrected chi connectivity index (χ3v) is 2.04. The molecule has 1 fully saturated rings. The zero-order chi connectivity index (χ0) is 7.61. The van der Waals surface area contributed by atoms with Crippen LogP contribution in [-0.4, -0.2) is 17.1 Å². The Morgan fingerprint density at radius 1 is 1.80 bits per heavy atom. The quantitative estimate of drug-likeness (QED) is 0.606. The largest absolute Gasteiger partial charge is 0.289 e. The summed E-state index contributed by atoms with van der Waals surface area (Å²) >= 11 is -1.22. The van der Waals surface area contributed by atoms with Gasteiger partial charge >= 0.3 is 0 Å². The molecule has 1 unspecified atom stereocenters. The first kappa shape index (κ1) is 7.70. The van der Waals surface area contributed by atoms with Crippen molar-refractivity contribution >= 4 is 11.1 Å². The first-order chi connectivity index (χ1) is 4.68. The van der Waals surface area contributed by atoms with Gasteiger partial charge in [-0.1, -0.05) is 0 Å². The van der Waals surface area contributed by atoms with Crippen LogP contribution in [-0.2, 0) is 15.3 Å². The van der Waals surface area contributed by atoms with E-state index in [1.54, 1.807) is 0 Å². The highest BCUT2D eigenvalue weighted by Crippen LogP contribution is 2.44. The third-order valence-electron chi connectivity index (χ3n) is 1.59. The van der Waals surface area contributed by atoms with Gasteiger partial charge in [0.05, 0.1) is 18.1 Å². The zero-order valence-corrected chi connectivity index (χ0v) is 6.61. The molecule has 1 atom stereocenters. The molecule has 10 heavy (non-hydrogen) atoms. The van der Waals surface area contributed by atoms with Gasteiger partial charge < -0.3 is 0 Å². The van der Waals surface area contributed by atoms with Crippen molar-refractivity contribution in [1.29, 1.82) is 5.26 Å². The lowest BCUT2D eigenvalue weighted by Gasteiger charge is -2.01. The van der Waals surface area contributed by atoms with Gasteiger partial charge in [0, 0.05) is 6.26 Å². The molecular weight excluding hydrogens is 150 g/mol. The molecule has 1 aliphatic rings. The van der Waals surface area contributed by atoms with Gasteiger partial charge in [0.15, 0.2) is 11.1 Å². The molecule has 0 aromatic carbocycles. The van der Waals surface area contributed by atoms with Gasteiger partial charge in [-0.3, -0.25) is 4.18 Å². The second-order valence-electron chi connectivity index (χ2n) is 2.56. The minimum absolute atomic E-state index is 0.286. The maximum Gasteiger partial charge on any atom is 0.152 e. The molecule has 4 heteroatoms. The number of hydrogen-bond donors (Lipinski definition) is 0. The second kappa shape index (κ2) is 2.69. The lowest BCUT2D eigenvalue weighted by molar-refractivity contribution is 0.296. The normalized spacial score (nSPS) is 23.2. The van der Waals surface area contributed by atoms with E-state index >= 15 is 0 Å². The second-order valence-corrected chi connectivity index (χ2v) is 3.59. The molecule has 0 aromatic heterocycles. The molecule has 1 rings (SSSR count). The van der Waals surface area contributed by atoms with E-state index in [9.17, 15) is 4.21 Å². The topological polar surface area (TPSA) is 50.1 Å². The van der Waals surface area contributed by atoms with E-state index in [1.807, 2.05) is 0 Å². The molecule has 0 saturated heterocycles. The molecule has 0 aliphatic heterocycles. The van der Waals surface area contributed by atoms with Crippen molar-refractivity contribution in [1.82, 2.24) is 0 Å². The number of nitrogens with zero attached hydrogens (tertiary/aromatic N) is 1. The summed E-state index contributed by atoms with van der Waals surface area (Å²) in [6, 6.07) is 2.15. The Labute approximate surface area is 62.6 Å². The molecule has 0 bridgehead atoms. The summed E-state index contributed by atoms with van der Waals surface area (Å²) in [7, 11) is 0. The first-order valence-electron chi connectivity index (χ1n) is 3.06. The van der Waals surface area contributed by atoms with Crippen molar-refractivity contribution in [2.45, 2.75) is 12.8 Å². The monoisotopic (exact) mass is 159 g/mol. The Hall–Kier alpha value is -0.400. The van der Waals surface area contributed by atoms with Crippen LogP contribution in [0.4, 0.5) is 0 Å². The molecule has 1 saturated carbocycles. The maximum absolute atomic E-state index is 10.4. The van der Waals surface area contributed by atoms with Crippen LogP contribution in [0.1, 0.15) is 12.8 Å². The van der Waals surface area contributed by atoms with Crippen LogP contribution in [0.5, 0.6) is 0 Å². The molecule has 0 aromatic rings. The summed E-state index contributed by atoms with van der Waals surface area (Å²) in [6.07, 6.45) is 3.24. The summed E-state index contributed by atoms with van der Waals surface area (Å²) < 4.78 is 15.2. The first-order valence-corrected chi connectivity index (χ1v) is 4.55. The minimum atomic E-state index is -1.22. The molecule has 0 spiro atoms. The Kier molecular flexibility index (Phi) is 2.07. The Bertz CT molecular complexity index is 192. The van der Waals surface area contributed by atoms with Crippen LogP contribution in [0, 0.1) is 16.7 Å². The molecule has 0 radical (unpaired) electrons. The van der Waals surface area contributed by atoms with Crippen molar-refractivity contribution in [2.75, 3.05) is 12.9 Å². The molecule has 0 heterocycles. The van der Waals surface area contributed by atoms with Crippen molar-refractivity contribution in [3.63, 3.8) is 0 Å². The molecule has 3 nitrogen and oxygen atoms in total. The van der Waals surface area contributed by atoms with E-state index in [1.165, 1.54) is 6.26 Å². The van der Waals surface area contributed by atoms with Crippen LogP contribution in [0.25, 0.3) is 0 Å². The predicted molar refractivity (Wildman–Crippen MR) is 37.3 cm³/mol. The van der Waals surface area contributed by atoms with Crippen LogP contribution in [0.2, 0.25) is 0 Å². The molecule has 0 N–H and O–H groups in total. The predicted octanol–water partition coefficient (Wildman–Crippen LogP) is 0.600. The SMILES string of the molecule is CS(=O)OCC1(C#N)CC1. The van der Waals surface area contributed by atoms with Crippen molar-refractivity contribution in [3.05, 3.63) is 0 Å². The van der Waals surface area contributed by atoms with E-state index in [0.29, 0.717) is 6.61 Å². The summed E-state index contributed by atoms with van der Waals surface area (Å²) in [5, 5.41) is 8.54. The third kappa shape index (κ3) is 1.79. The van der Waals surface area contributed by atoms with Gasteiger partial charge in [0.25, 0.3) is 0 Å². The summed E-state index contributed by atoms with van der Waals surface area (Å²) in [5.41, 5.74) is -0.286. The highest BCUT2D eigenvalue weighted by atomic mass is 32.2. The van der Waals surface area contributed by atoms with E-state index in [-0.39, 0.29) is 5.41 Å². The van der Waals surface area contributed by atoms with E-state index in [0.717, 1.165) is 12.8 Å².